The molecule has 0 spiro atoms. The highest BCUT2D eigenvalue weighted by molar-refractivity contribution is 4.98. The van der Waals surface area contributed by atoms with Crippen LogP contribution in [0.2, 0.25) is 0 Å². The van der Waals surface area contributed by atoms with E-state index in [2.05, 4.69) is 18.7 Å². The first-order chi connectivity index (χ1) is 12.3. The lowest BCUT2D eigenvalue weighted by Gasteiger charge is -2.34. The van der Waals surface area contributed by atoms with Crippen molar-refractivity contribution in [3.8, 4) is 0 Å². The maximum absolute atomic E-state index is 10.5. The van der Waals surface area contributed by atoms with Crippen LogP contribution < -0.4 is 0 Å². The van der Waals surface area contributed by atoms with E-state index >= 15 is 0 Å². The Balaban J connectivity index is 2.49. The Bertz CT molecular complexity index is 364. The number of hydrogen-bond acceptors (Lipinski definition) is 5. The van der Waals surface area contributed by atoms with Crippen LogP contribution in [0.5, 0.6) is 0 Å². The molecule has 0 aromatic heterocycles. The molecule has 0 aliphatic heterocycles. The third-order valence-corrected chi connectivity index (χ3v) is 5.62. The van der Waals surface area contributed by atoms with Gasteiger partial charge in [0.2, 0.25) is 0 Å². The number of ether oxygens (including phenoxy) is 1. The van der Waals surface area contributed by atoms with Gasteiger partial charge >= 0.3 is 0 Å². The second-order valence-corrected chi connectivity index (χ2v) is 8.49. The van der Waals surface area contributed by atoms with Gasteiger partial charge in [-0.2, -0.15) is 0 Å². The Labute approximate surface area is 160 Å². The van der Waals surface area contributed by atoms with Gasteiger partial charge in [-0.1, -0.05) is 58.8 Å². The summed E-state index contributed by atoms with van der Waals surface area (Å²) >= 11 is 0. The van der Waals surface area contributed by atoms with Crippen LogP contribution in [0.1, 0.15) is 85.0 Å². The molecule has 1 rings (SSSR count). The summed E-state index contributed by atoms with van der Waals surface area (Å²) in [6.07, 6.45) is 8.58. The average molecular weight is 374 g/mol. The van der Waals surface area contributed by atoms with Crippen LogP contribution in [0.25, 0.3) is 0 Å². The third kappa shape index (κ3) is 8.22. The fraction of sp³-hybridized carbons (Fsp3) is 1.00. The highest BCUT2D eigenvalue weighted by Crippen LogP contribution is 2.29. The van der Waals surface area contributed by atoms with E-state index in [-0.39, 0.29) is 12.6 Å². The molecule has 0 aromatic rings. The number of aliphatic hydroxyl groups excluding tert-OH is 2. The van der Waals surface area contributed by atoms with Gasteiger partial charge in [-0.25, -0.2) is 0 Å². The summed E-state index contributed by atoms with van der Waals surface area (Å²) < 4.78 is 5.96. The molecular weight excluding hydrogens is 330 g/mol. The van der Waals surface area contributed by atoms with Gasteiger partial charge in [0.1, 0.15) is 6.10 Å². The Morgan fingerprint density at radius 3 is 2.23 bits per heavy atom. The SMILES string of the molecule is CCCCCCCN(C)[C@@H]1[C@@H](OCC(C)(O)CCCCC)[C@@H](O)C[C@H]1O. The minimum atomic E-state index is -0.883. The molecule has 5 heteroatoms. The van der Waals surface area contributed by atoms with E-state index in [1.54, 1.807) is 6.92 Å². The van der Waals surface area contributed by atoms with Gasteiger partial charge in [0.05, 0.1) is 30.5 Å². The fourth-order valence-corrected chi connectivity index (χ4v) is 3.94. The summed E-state index contributed by atoms with van der Waals surface area (Å²) in [7, 11) is 2.00. The van der Waals surface area contributed by atoms with E-state index in [0.29, 0.717) is 12.8 Å². The first kappa shape index (κ1) is 23.8. The predicted octanol–water partition coefficient (Wildman–Crippen LogP) is 3.10. The van der Waals surface area contributed by atoms with Crippen molar-refractivity contribution in [2.75, 3.05) is 20.2 Å². The smallest absolute Gasteiger partial charge is 0.102 e. The summed E-state index contributed by atoms with van der Waals surface area (Å²) in [5, 5.41) is 31.3. The van der Waals surface area contributed by atoms with Crippen molar-refractivity contribution < 1.29 is 20.1 Å². The normalized spacial score (nSPS) is 28.6. The van der Waals surface area contributed by atoms with Gasteiger partial charge < -0.3 is 20.1 Å². The van der Waals surface area contributed by atoms with Gasteiger partial charge in [0, 0.05) is 6.42 Å². The number of nitrogens with zero attached hydrogens (tertiary/aromatic N) is 1. The van der Waals surface area contributed by atoms with Crippen LogP contribution in [0.15, 0.2) is 0 Å². The van der Waals surface area contributed by atoms with Crippen LogP contribution in [0.4, 0.5) is 0 Å². The minimum absolute atomic E-state index is 0.200. The molecule has 3 N–H and O–H groups in total. The zero-order valence-electron chi connectivity index (χ0n) is 17.5. The van der Waals surface area contributed by atoms with E-state index in [1.807, 2.05) is 7.05 Å². The number of likely N-dealkylation sites (N-methyl/N-ethyl adjacent to an activating group) is 1. The lowest BCUT2D eigenvalue weighted by atomic mass is 9.99. The van der Waals surface area contributed by atoms with Gasteiger partial charge in [-0.3, -0.25) is 4.90 Å². The van der Waals surface area contributed by atoms with Crippen molar-refractivity contribution >= 4 is 0 Å². The van der Waals surface area contributed by atoms with Gasteiger partial charge in [-0.05, 0) is 33.4 Å². The summed E-state index contributed by atoms with van der Waals surface area (Å²) in [4.78, 5) is 2.13. The maximum Gasteiger partial charge on any atom is 0.102 e. The molecule has 1 aliphatic rings. The van der Waals surface area contributed by atoms with Crippen molar-refractivity contribution in [2.45, 2.75) is 115 Å². The lowest BCUT2D eigenvalue weighted by Crippen LogP contribution is -2.49. The molecule has 5 nitrogen and oxygen atoms in total. The zero-order chi connectivity index (χ0) is 19.6. The molecule has 1 unspecified atom stereocenters. The van der Waals surface area contributed by atoms with Crippen molar-refractivity contribution in [1.29, 1.82) is 0 Å². The lowest BCUT2D eigenvalue weighted by molar-refractivity contribution is -0.112. The van der Waals surface area contributed by atoms with Crippen molar-refractivity contribution in [3.05, 3.63) is 0 Å². The Morgan fingerprint density at radius 2 is 1.58 bits per heavy atom. The molecule has 0 saturated heterocycles. The van der Waals surface area contributed by atoms with E-state index in [4.69, 9.17) is 4.74 Å². The van der Waals surface area contributed by atoms with Crippen LogP contribution in [-0.2, 0) is 4.74 Å². The fourth-order valence-electron chi connectivity index (χ4n) is 3.94. The van der Waals surface area contributed by atoms with Crippen molar-refractivity contribution in [1.82, 2.24) is 4.90 Å². The van der Waals surface area contributed by atoms with Gasteiger partial charge in [0.15, 0.2) is 0 Å². The molecule has 0 bridgehead atoms. The van der Waals surface area contributed by atoms with Gasteiger partial charge in [0.25, 0.3) is 0 Å². The van der Waals surface area contributed by atoms with E-state index < -0.39 is 23.9 Å². The second kappa shape index (κ2) is 12.3. The minimum Gasteiger partial charge on any atom is -0.391 e. The molecule has 0 heterocycles. The Kier molecular flexibility index (Phi) is 11.3. The van der Waals surface area contributed by atoms with E-state index in [0.717, 1.165) is 32.2 Å². The molecule has 0 amide bonds. The summed E-state index contributed by atoms with van der Waals surface area (Å²) in [5.41, 5.74) is -0.883. The van der Waals surface area contributed by atoms with Crippen LogP contribution >= 0.6 is 0 Å². The second-order valence-electron chi connectivity index (χ2n) is 8.49. The molecule has 0 radical (unpaired) electrons. The maximum atomic E-state index is 10.5. The predicted molar refractivity (Wildman–Crippen MR) is 106 cm³/mol. The molecule has 1 aliphatic carbocycles. The first-order valence-corrected chi connectivity index (χ1v) is 10.7. The molecule has 1 saturated carbocycles. The number of aliphatic hydroxyl groups is 3. The Morgan fingerprint density at radius 1 is 0.962 bits per heavy atom. The number of unbranched alkanes of at least 4 members (excludes halogenated alkanes) is 6. The average Bonchev–Trinajstić information content (AvgIpc) is 2.86. The topological polar surface area (TPSA) is 73.2 Å². The number of rotatable bonds is 14. The number of hydrogen-bond donors (Lipinski definition) is 3. The molecule has 156 valence electrons. The zero-order valence-corrected chi connectivity index (χ0v) is 17.5. The molecule has 26 heavy (non-hydrogen) atoms. The van der Waals surface area contributed by atoms with Crippen LogP contribution in [0.3, 0.4) is 0 Å². The van der Waals surface area contributed by atoms with E-state index in [1.165, 1.54) is 25.7 Å². The summed E-state index contributed by atoms with van der Waals surface area (Å²) in [6, 6.07) is -0.206. The van der Waals surface area contributed by atoms with E-state index in [9.17, 15) is 15.3 Å². The van der Waals surface area contributed by atoms with Gasteiger partial charge in [-0.15, -0.1) is 0 Å². The summed E-state index contributed by atoms with van der Waals surface area (Å²) in [5.74, 6) is 0. The van der Waals surface area contributed by atoms with Crippen molar-refractivity contribution in [2.24, 2.45) is 0 Å². The molecular formula is C21H43NO4. The first-order valence-electron chi connectivity index (χ1n) is 10.7. The highest BCUT2D eigenvalue weighted by Gasteiger charge is 2.45. The monoisotopic (exact) mass is 373 g/mol. The van der Waals surface area contributed by atoms with Crippen LogP contribution in [0, 0.1) is 0 Å². The van der Waals surface area contributed by atoms with Crippen molar-refractivity contribution in [3.63, 3.8) is 0 Å². The molecule has 0 aromatic carbocycles. The molecule has 1 fully saturated rings. The highest BCUT2D eigenvalue weighted by atomic mass is 16.5. The molecule has 5 atom stereocenters. The Hall–Kier alpha value is -0.200. The quantitative estimate of drug-likeness (QED) is 0.408. The van der Waals surface area contributed by atoms with Crippen LogP contribution in [-0.4, -0.2) is 70.4 Å². The third-order valence-electron chi connectivity index (χ3n) is 5.62. The summed E-state index contributed by atoms with van der Waals surface area (Å²) in [6.45, 7) is 7.25. The standard InChI is InChI=1S/C21H43NO4/c1-5-7-9-10-12-14-22(4)19-17(23)15-18(24)20(19)26-16-21(3,25)13-11-8-6-2/h17-20,23-25H,5-16H2,1-4H3/t17-,18+,19+,20+,21?/m1/s1. The largest absolute Gasteiger partial charge is 0.391 e.